The molecule has 0 spiro atoms. The Kier molecular flexibility index (Phi) is 3.46. The molecule has 0 bridgehead atoms. The summed E-state index contributed by atoms with van der Waals surface area (Å²) in [5.41, 5.74) is 1.39. The maximum atomic E-state index is 5.53. The molecule has 0 amide bonds. The molecule has 1 aliphatic carbocycles. The molecule has 3 rings (SSSR count). The third-order valence-corrected chi connectivity index (χ3v) is 4.30. The van der Waals surface area contributed by atoms with E-state index in [1.165, 1.54) is 56.9 Å². The summed E-state index contributed by atoms with van der Waals surface area (Å²) in [6, 6.07) is 0.427. The summed E-state index contributed by atoms with van der Waals surface area (Å²) in [6.45, 7) is 1.12. The summed E-state index contributed by atoms with van der Waals surface area (Å²) in [4.78, 5) is 0. The molecule has 17 heavy (non-hydrogen) atoms. The third-order valence-electron chi connectivity index (χ3n) is 4.30. The van der Waals surface area contributed by atoms with Gasteiger partial charge in [0.2, 0.25) is 0 Å². The van der Waals surface area contributed by atoms with Gasteiger partial charge in [-0.1, -0.05) is 30.8 Å². The molecule has 3 heteroatoms. The molecule has 2 aliphatic rings. The maximum absolute atomic E-state index is 5.53. The smallest absolute Gasteiger partial charge is 0.157 e. The minimum absolute atomic E-state index is 0.427. The average Bonchev–Trinajstić information content (AvgIpc) is 2.95. The molecule has 1 saturated carbocycles. The summed E-state index contributed by atoms with van der Waals surface area (Å²) < 4.78 is 5.53. The van der Waals surface area contributed by atoms with Gasteiger partial charge in [0.1, 0.15) is 0 Å². The minimum Gasteiger partial charge on any atom is -0.359 e. The Hall–Kier alpha value is -0.830. The van der Waals surface area contributed by atoms with Crippen LogP contribution >= 0.6 is 0 Å². The van der Waals surface area contributed by atoms with Crippen LogP contribution in [-0.2, 0) is 0 Å². The van der Waals surface area contributed by atoms with Gasteiger partial charge in [-0.25, -0.2) is 0 Å². The summed E-state index contributed by atoms with van der Waals surface area (Å²) in [5, 5.41) is 7.58. The van der Waals surface area contributed by atoms with Gasteiger partial charge in [0, 0.05) is 5.56 Å². The van der Waals surface area contributed by atoms with E-state index in [2.05, 4.69) is 10.5 Å². The van der Waals surface area contributed by atoms with Gasteiger partial charge in [-0.15, -0.1) is 0 Å². The third kappa shape index (κ3) is 2.39. The molecule has 1 aromatic rings. The van der Waals surface area contributed by atoms with E-state index >= 15 is 0 Å². The highest BCUT2D eigenvalue weighted by atomic mass is 16.5. The van der Waals surface area contributed by atoms with Crippen molar-refractivity contribution in [3.05, 3.63) is 17.5 Å². The van der Waals surface area contributed by atoms with Crippen molar-refractivity contribution < 1.29 is 4.52 Å². The molecular weight excluding hydrogens is 212 g/mol. The Labute approximate surface area is 103 Å². The van der Waals surface area contributed by atoms with Crippen LogP contribution in [-0.4, -0.2) is 11.7 Å². The van der Waals surface area contributed by atoms with Crippen molar-refractivity contribution in [2.24, 2.45) is 0 Å². The molecular formula is C14H22N2O. The fourth-order valence-electron chi connectivity index (χ4n) is 3.33. The first-order valence-electron chi connectivity index (χ1n) is 7.13. The van der Waals surface area contributed by atoms with E-state index in [4.69, 9.17) is 4.52 Å². The summed E-state index contributed by atoms with van der Waals surface area (Å²) in [5.74, 6) is 1.83. The summed E-state index contributed by atoms with van der Waals surface area (Å²) in [6.07, 6.45) is 12.6. The zero-order chi connectivity index (χ0) is 11.5. The normalized spacial score (nSPS) is 27.2. The average molecular weight is 234 g/mol. The number of nitrogens with zero attached hydrogens (tertiary/aromatic N) is 1. The predicted octanol–water partition coefficient (Wildman–Crippen LogP) is 3.54. The summed E-state index contributed by atoms with van der Waals surface area (Å²) in [7, 11) is 0. The van der Waals surface area contributed by atoms with Crippen molar-refractivity contribution in [2.75, 3.05) is 6.54 Å². The van der Waals surface area contributed by atoms with Gasteiger partial charge in [0.15, 0.2) is 5.76 Å². The molecule has 1 unspecified atom stereocenters. The highest BCUT2D eigenvalue weighted by Gasteiger charge is 2.27. The van der Waals surface area contributed by atoms with E-state index in [9.17, 15) is 0 Å². The van der Waals surface area contributed by atoms with Gasteiger partial charge in [0.25, 0.3) is 0 Å². The van der Waals surface area contributed by atoms with Crippen LogP contribution in [0.25, 0.3) is 0 Å². The minimum atomic E-state index is 0.427. The first-order valence-corrected chi connectivity index (χ1v) is 7.13. The van der Waals surface area contributed by atoms with Crippen LogP contribution in [0, 0.1) is 0 Å². The molecule has 2 heterocycles. The zero-order valence-corrected chi connectivity index (χ0v) is 10.5. The largest absolute Gasteiger partial charge is 0.359 e. The molecule has 1 aromatic heterocycles. The van der Waals surface area contributed by atoms with Crippen molar-refractivity contribution >= 4 is 0 Å². The Balaban J connectivity index is 1.79. The second kappa shape index (κ2) is 5.21. The topological polar surface area (TPSA) is 38.1 Å². The number of aromatic nitrogens is 1. The number of nitrogens with one attached hydrogen (secondary N) is 1. The van der Waals surface area contributed by atoms with Crippen LogP contribution in [0.5, 0.6) is 0 Å². The predicted molar refractivity (Wildman–Crippen MR) is 66.9 cm³/mol. The van der Waals surface area contributed by atoms with Gasteiger partial charge in [-0.2, -0.15) is 0 Å². The molecule has 1 N–H and O–H groups in total. The molecule has 1 saturated heterocycles. The maximum Gasteiger partial charge on any atom is 0.157 e. The van der Waals surface area contributed by atoms with Gasteiger partial charge in [-0.3, -0.25) is 0 Å². The van der Waals surface area contributed by atoms with E-state index in [-0.39, 0.29) is 0 Å². The van der Waals surface area contributed by atoms with E-state index in [1.54, 1.807) is 0 Å². The highest BCUT2D eigenvalue weighted by Crippen LogP contribution is 2.37. The second-order valence-corrected chi connectivity index (χ2v) is 5.48. The van der Waals surface area contributed by atoms with Crippen molar-refractivity contribution in [3.63, 3.8) is 0 Å². The highest BCUT2D eigenvalue weighted by molar-refractivity contribution is 5.23. The molecule has 2 fully saturated rings. The van der Waals surface area contributed by atoms with Crippen molar-refractivity contribution in [3.8, 4) is 0 Å². The first-order chi connectivity index (χ1) is 8.45. The Bertz CT molecular complexity index is 347. The van der Waals surface area contributed by atoms with Gasteiger partial charge in [-0.05, 0) is 38.1 Å². The van der Waals surface area contributed by atoms with Crippen molar-refractivity contribution in [1.29, 1.82) is 0 Å². The molecule has 0 radical (unpaired) electrons. The lowest BCUT2D eigenvalue weighted by Crippen LogP contribution is -2.14. The van der Waals surface area contributed by atoms with Crippen LogP contribution in [0.2, 0.25) is 0 Å². The van der Waals surface area contributed by atoms with Gasteiger partial charge < -0.3 is 9.84 Å². The molecule has 1 atom stereocenters. The Morgan fingerprint density at radius 3 is 2.59 bits per heavy atom. The number of hydrogen-bond donors (Lipinski definition) is 1. The number of hydrogen-bond acceptors (Lipinski definition) is 3. The molecule has 3 nitrogen and oxygen atoms in total. The van der Waals surface area contributed by atoms with E-state index in [0.717, 1.165) is 12.3 Å². The second-order valence-electron chi connectivity index (χ2n) is 5.48. The quantitative estimate of drug-likeness (QED) is 0.795. The van der Waals surface area contributed by atoms with Crippen LogP contribution in [0.1, 0.15) is 74.7 Å². The van der Waals surface area contributed by atoms with E-state index < -0.39 is 0 Å². The van der Waals surface area contributed by atoms with Crippen LogP contribution in [0.3, 0.4) is 0 Å². The lowest BCUT2D eigenvalue weighted by molar-refractivity contribution is 0.347. The molecule has 0 aromatic carbocycles. The Morgan fingerprint density at radius 2 is 1.88 bits per heavy atom. The van der Waals surface area contributed by atoms with Crippen molar-refractivity contribution in [2.45, 2.75) is 63.3 Å². The van der Waals surface area contributed by atoms with Crippen LogP contribution in [0.4, 0.5) is 0 Å². The molecule has 94 valence electrons. The van der Waals surface area contributed by atoms with Crippen molar-refractivity contribution in [1.82, 2.24) is 10.5 Å². The van der Waals surface area contributed by atoms with Gasteiger partial charge in [0.05, 0.1) is 12.2 Å². The van der Waals surface area contributed by atoms with Crippen LogP contribution in [0.15, 0.2) is 10.7 Å². The molecule has 1 aliphatic heterocycles. The summed E-state index contributed by atoms with van der Waals surface area (Å²) >= 11 is 0. The van der Waals surface area contributed by atoms with Crippen LogP contribution < -0.4 is 5.32 Å². The monoisotopic (exact) mass is 234 g/mol. The number of rotatable bonds is 2. The zero-order valence-electron chi connectivity index (χ0n) is 10.5. The Morgan fingerprint density at radius 1 is 1.06 bits per heavy atom. The standard InChI is InChI=1S/C14H22N2O/c1-2-4-7-11(6-3-1)12-10-16-17-14(12)13-8-5-9-15-13/h10-11,13,15H,1-9H2. The van der Waals surface area contributed by atoms with E-state index in [0.29, 0.717) is 12.0 Å². The fraction of sp³-hybridized carbons (Fsp3) is 0.786. The van der Waals surface area contributed by atoms with Gasteiger partial charge >= 0.3 is 0 Å². The van der Waals surface area contributed by atoms with E-state index in [1.807, 2.05) is 6.20 Å². The lowest BCUT2D eigenvalue weighted by atomic mass is 9.90. The SMILES string of the molecule is c1noc(C2CCCN2)c1C1CCCCCC1. The first kappa shape index (κ1) is 11.3. The fourth-order valence-corrected chi connectivity index (χ4v) is 3.33. The lowest BCUT2D eigenvalue weighted by Gasteiger charge is -2.15.